The normalized spacial score (nSPS) is 20.8. The van der Waals surface area contributed by atoms with Gasteiger partial charge in [-0.2, -0.15) is 0 Å². The average Bonchev–Trinajstić information content (AvgIpc) is 2.27. The van der Waals surface area contributed by atoms with Crippen LogP contribution in [0, 0.1) is 11.2 Å². The molecule has 1 aromatic rings. The van der Waals surface area contributed by atoms with Crippen molar-refractivity contribution in [1.82, 2.24) is 0 Å². The standard InChI is InChI=1S/C15H22FNO/c1-11(18)13-9-12(16)5-6-14(13)17-8-4-7-15(2,3)10-17/h5-6,9,11,18H,4,7-8,10H2,1-3H3. The highest BCUT2D eigenvalue weighted by Gasteiger charge is 2.28. The Balaban J connectivity index is 2.32. The molecule has 0 aliphatic carbocycles. The molecule has 2 nitrogen and oxygen atoms in total. The third kappa shape index (κ3) is 2.83. The van der Waals surface area contributed by atoms with Crippen molar-refractivity contribution in [3.63, 3.8) is 0 Å². The van der Waals surface area contributed by atoms with E-state index in [9.17, 15) is 9.50 Å². The minimum atomic E-state index is -0.638. The largest absolute Gasteiger partial charge is 0.389 e. The molecule has 1 atom stereocenters. The molecular weight excluding hydrogens is 229 g/mol. The molecule has 100 valence electrons. The summed E-state index contributed by atoms with van der Waals surface area (Å²) in [5, 5.41) is 9.80. The Kier molecular flexibility index (Phi) is 3.62. The summed E-state index contributed by atoms with van der Waals surface area (Å²) in [6.07, 6.45) is 1.72. The van der Waals surface area contributed by atoms with Crippen molar-refractivity contribution in [1.29, 1.82) is 0 Å². The van der Waals surface area contributed by atoms with Gasteiger partial charge in [0.1, 0.15) is 5.82 Å². The van der Waals surface area contributed by atoms with Gasteiger partial charge in [0.15, 0.2) is 0 Å². The number of hydrogen-bond acceptors (Lipinski definition) is 2. The Hall–Kier alpha value is -1.09. The van der Waals surface area contributed by atoms with Crippen LogP contribution in [0.4, 0.5) is 10.1 Å². The Bertz CT molecular complexity index is 429. The van der Waals surface area contributed by atoms with Gasteiger partial charge in [0.05, 0.1) is 6.10 Å². The van der Waals surface area contributed by atoms with Gasteiger partial charge in [-0.1, -0.05) is 13.8 Å². The summed E-state index contributed by atoms with van der Waals surface area (Å²) in [6, 6.07) is 4.71. The predicted molar refractivity (Wildman–Crippen MR) is 72.3 cm³/mol. The second kappa shape index (κ2) is 4.88. The minimum absolute atomic E-state index is 0.280. The number of benzene rings is 1. The van der Waals surface area contributed by atoms with E-state index in [1.165, 1.54) is 18.6 Å². The molecule has 2 rings (SSSR count). The molecule has 18 heavy (non-hydrogen) atoms. The van der Waals surface area contributed by atoms with Crippen LogP contribution in [0.2, 0.25) is 0 Å². The Morgan fingerprint density at radius 1 is 1.39 bits per heavy atom. The third-order valence-corrected chi connectivity index (χ3v) is 3.68. The first-order valence-corrected chi connectivity index (χ1v) is 6.61. The first kappa shape index (κ1) is 13.3. The van der Waals surface area contributed by atoms with Gasteiger partial charge < -0.3 is 10.0 Å². The lowest BCUT2D eigenvalue weighted by molar-refractivity contribution is 0.198. The monoisotopic (exact) mass is 251 g/mol. The molecule has 0 bridgehead atoms. The first-order chi connectivity index (χ1) is 8.39. The van der Waals surface area contributed by atoms with Gasteiger partial charge in [0.2, 0.25) is 0 Å². The molecule has 1 aliphatic rings. The summed E-state index contributed by atoms with van der Waals surface area (Å²) in [7, 11) is 0. The van der Waals surface area contributed by atoms with Crippen LogP contribution >= 0.6 is 0 Å². The van der Waals surface area contributed by atoms with Crippen LogP contribution in [-0.4, -0.2) is 18.2 Å². The van der Waals surface area contributed by atoms with Crippen LogP contribution in [0.1, 0.15) is 45.3 Å². The maximum atomic E-state index is 13.3. The van der Waals surface area contributed by atoms with Crippen molar-refractivity contribution >= 4 is 5.69 Å². The molecule has 0 amide bonds. The molecule has 1 unspecified atom stereocenters. The highest BCUT2D eigenvalue weighted by atomic mass is 19.1. The SMILES string of the molecule is CC(O)c1cc(F)ccc1N1CCCC(C)(C)C1. The van der Waals surface area contributed by atoms with Gasteiger partial charge >= 0.3 is 0 Å². The Morgan fingerprint density at radius 3 is 2.72 bits per heavy atom. The van der Waals surface area contributed by atoms with Crippen LogP contribution < -0.4 is 4.90 Å². The molecule has 0 radical (unpaired) electrons. The van der Waals surface area contributed by atoms with Gasteiger partial charge in [-0.3, -0.25) is 0 Å². The number of rotatable bonds is 2. The number of nitrogens with zero attached hydrogens (tertiary/aromatic N) is 1. The zero-order chi connectivity index (χ0) is 13.3. The highest BCUT2D eigenvalue weighted by molar-refractivity contribution is 5.55. The fourth-order valence-electron chi connectivity index (χ4n) is 2.78. The fraction of sp³-hybridized carbons (Fsp3) is 0.600. The lowest BCUT2D eigenvalue weighted by Gasteiger charge is -2.40. The average molecular weight is 251 g/mol. The summed E-state index contributed by atoms with van der Waals surface area (Å²) in [5.74, 6) is -0.286. The summed E-state index contributed by atoms with van der Waals surface area (Å²) in [5.41, 5.74) is 1.94. The lowest BCUT2D eigenvalue weighted by atomic mass is 9.83. The summed E-state index contributed by atoms with van der Waals surface area (Å²) >= 11 is 0. The van der Waals surface area contributed by atoms with Crippen LogP contribution in [-0.2, 0) is 0 Å². The van der Waals surface area contributed by atoms with E-state index in [1.54, 1.807) is 13.0 Å². The summed E-state index contributed by atoms with van der Waals surface area (Å²) in [6.45, 7) is 8.13. The molecule has 0 spiro atoms. The summed E-state index contributed by atoms with van der Waals surface area (Å²) in [4.78, 5) is 2.27. The zero-order valence-electron chi connectivity index (χ0n) is 11.4. The van der Waals surface area contributed by atoms with Crippen molar-refractivity contribution in [2.24, 2.45) is 5.41 Å². The van der Waals surface area contributed by atoms with Crippen molar-refractivity contribution in [2.45, 2.75) is 39.7 Å². The van der Waals surface area contributed by atoms with E-state index in [0.29, 0.717) is 5.56 Å². The summed E-state index contributed by atoms with van der Waals surface area (Å²) < 4.78 is 13.3. The number of halogens is 1. The number of anilines is 1. The van der Waals surface area contributed by atoms with E-state index in [4.69, 9.17) is 0 Å². The van der Waals surface area contributed by atoms with E-state index >= 15 is 0 Å². The number of aliphatic hydroxyl groups excluding tert-OH is 1. The maximum absolute atomic E-state index is 13.3. The van der Waals surface area contributed by atoms with Crippen molar-refractivity contribution in [3.8, 4) is 0 Å². The number of aliphatic hydroxyl groups is 1. The smallest absolute Gasteiger partial charge is 0.123 e. The Labute approximate surface area is 108 Å². The molecule has 1 aliphatic heterocycles. The van der Waals surface area contributed by atoms with Gasteiger partial charge in [-0.15, -0.1) is 0 Å². The second-order valence-corrected chi connectivity index (χ2v) is 6.07. The fourth-order valence-corrected chi connectivity index (χ4v) is 2.78. The maximum Gasteiger partial charge on any atom is 0.123 e. The molecule has 1 heterocycles. The van der Waals surface area contributed by atoms with Gasteiger partial charge in [0.25, 0.3) is 0 Å². The molecule has 1 aromatic carbocycles. The van der Waals surface area contributed by atoms with Crippen LogP contribution in [0.3, 0.4) is 0 Å². The van der Waals surface area contributed by atoms with Gasteiger partial charge in [0, 0.05) is 24.3 Å². The number of piperidine rings is 1. The van der Waals surface area contributed by atoms with E-state index < -0.39 is 6.10 Å². The van der Waals surface area contributed by atoms with Gasteiger partial charge in [-0.05, 0) is 43.4 Å². The van der Waals surface area contributed by atoms with Crippen molar-refractivity contribution < 1.29 is 9.50 Å². The van der Waals surface area contributed by atoms with Crippen LogP contribution in [0.15, 0.2) is 18.2 Å². The zero-order valence-corrected chi connectivity index (χ0v) is 11.4. The molecule has 1 fully saturated rings. The first-order valence-electron chi connectivity index (χ1n) is 6.61. The molecule has 0 saturated carbocycles. The highest BCUT2D eigenvalue weighted by Crippen LogP contribution is 2.35. The Morgan fingerprint density at radius 2 is 2.11 bits per heavy atom. The van der Waals surface area contributed by atoms with Crippen molar-refractivity contribution in [2.75, 3.05) is 18.0 Å². The third-order valence-electron chi connectivity index (χ3n) is 3.68. The van der Waals surface area contributed by atoms with E-state index in [1.807, 2.05) is 0 Å². The van der Waals surface area contributed by atoms with Crippen LogP contribution in [0.25, 0.3) is 0 Å². The quantitative estimate of drug-likeness (QED) is 0.869. The minimum Gasteiger partial charge on any atom is -0.389 e. The second-order valence-electron chi connectivity index (χ2n) is 6.07. The number of hydrogen-bond donors (Lipinski definition) is 1. The van der Waals surface area contributed by atoms with E-state index in [2.05, 4.69) is 18.7 Å². The van der Waals surface area contributed by atoms with E-state index in [-0.39, 0.29) is 11.2 Å². The van der Waals surface area contributed by atoms with Gasteiger partial charge in [-0.25, -0.2) is 4.39 Å². The molecule has 1 N–H and O–H groups in total. The van der Waals surface area contributed by atoms with E-state index in [0.717, 1.165) is 25.2 Å². The molecular formula is C15H22FNO. The molecule has 0 aromatic heterocycles. The predicted octanol–water partition coefficient (Wildman–Crippen LogP) is 3.51. The molecule has 1 saturated heterocycles. The topological polar surface area (TPSA) is 23.5 Å². The molecule has 3 heteroatoms. The van der Waals surface area contributed by atoms with Crippen LogP contribution in [0.5, 0.6) is 0 Å². The lowest BCUT2D eigenvalue weighted by Crippen LogP contribution is -2.40. The van der Waals surface area contributed by atoms with Crippen molar-refractivity contribution in [3.05, 3.63) is 29.6 Å².